The Labute approximate surface area is 124 Å². The van der Waals surface area contributed by atoms with Crippen molar-refractivity contribution in [2.24, 2.45) is 4.99 Å². The zero-order valence-electron chi connectivity index (χ0n) is 11.2. The first kappa shape index (κ1) is 13.9. The Balaban J connectivity index is 1.80. The maximum atomic E-state index is 13.1. The fraction of sp³-hybridized carbons (Fsp3) is 0. The molecule has 2 aromatic rings. The van der Waals surface area contributed by atoms with E-state index in [1.165, 1.54) is 6.20 Å². The van der Waals surface area contributed by atoms with Gasteiger partial charge in [-0.15, -0.1) is 0 Å². The molecule has 0 amide bonds. The number of carbonyl (C=O) groups is 1. The third-order valence-corrected chi connectivity index (χ3v) is 2.92. The average molecular weight is 300 g/mol. The van der Waals surface area contributed by atoms with Gasteiger partial charge >= 0.3 is 5.97 Å². The Morgan fingerprint density at radius 1 is 1.09 bits per heavy atom. The lowest BCUT2D eigenvalue weighted by Gasteiger charge is -2.11. The highest BCUT2D eigenvalue weighted by Crippen LogP contribution is 2.19. The molecule has 0 spiro atoms. The van der Waals surface area contributed by atoms with Crippen molar-refractivity contribution in [2.45, 2.75) is 0 Å². The lowest BCUT2D eigenvalue weighted by atomic mass is 10.2. The predicted octanol–water partition coefficient (Wildman–Crippen LogP) is 3.47. The van der Waals surface area contributed by atoms with E-state index < -0.39 is 17.6 Å². The Morgan fingerprint density at radius 2 is 1.82 bits per heavy atom. The molecule has 0 atom stereocenters. The van der Waals surface area contributed by atoms with Crippen molar-refractivity contribution in [3.8, 4) is 0 Å². The van der Waals surface area contributed by atoms with Gasteiger partial charge in [0.15, 0.2) is 0 Å². The smallest absolute Gasteiger partial charge is 0.345 e. The fourth-order valence-electron chi connectivity index (χ4n) is 1.96. The average Bonchev–Trinajstić information content (AvgIpc) is 2.67. The highest BCUT2D eigenvalue weighted by Gasteiger charge is 2.15. The van der Waals surface area contributed by atoms with Gasteiger partial charge in [0.25, 0.3) is 0 Å². The Morgan fingerprint density at radius 3 is 2.59 bits per heavy atom. The number of halogens is 2. The third kappa shape index (κ3) is 3.01. The molecule has 4 nitrogen and oxygen atoms in total. The number of anilines is 1. The number of esters is 1. The molecule has 1 aliphatic heterocycles. The van der Waals surface area contributed by atoms with Crippen molar-refractivity contribution in [3.63, 3.8) is 0 Å². The maximum absolute atomic E-state index is 13.1. The summed E-state index contributed by atoms with van der Waals surface area (Å²) in [5.41, 5.74) is 1.30. The second kappa shape index (κ2) is 5.77. The number of nitrogens with zero attached hydrogens (tertiary/aromatic N) is 1. The highest BCUT2D eigenvalue weighted by atomic mass is 19.1. The van der Waals surface area contributed by atoms with Gasteiger partial charge in [-0.25, -0.2) is 13.6 Å². The van der Waals surface area contributed by atoms with Crippen LogP contribution < -0.4 is 5.32 Å². The number of para-hydroxylation sites is 1. The fourth-order valence-corrected chi connectivity index (χ4v) is 1.96. The number of aliphatic imine (C=N–C) groups is 1. The summed E-state index contributed by atoms with van der Waals surface area (Å²) in [5.74, 6) is -2.51. The van der Waals surface area contributed by atoms with Gasteiger partial charge in [-0.1, -0.05) is 18.2 Å². The SMILES string of the molecule is O=C(OC1=CN=Cc2ccccc2N1)c1cc(F)cc(F)c1. The first-order chi connectivity index (χ1) is 10.6. The van der Waals surface area contributed by atoms with Crippen LogP contribution in [0.4, 0.5) is 14.5 Å². The molecule has 1 N–H and O–H groups in total. The van der Waals surface area contributed by atoms with E-state index in [2.05, 4.69) is 10.3 Å². The number of benzene rings is 2. The summed E-state index contributed by atoms with van der Waals surface area (Å²) in [6, 6.07) is 9.77. The van der Waals surface area contributed by atoms with Crippen LogP contribution in [0.25, 0.3) is 0 Å². The molecule has 6 heteroatoms. The second-order valence-electron chi connectivity index (χ2n) is 4.53. The van der Waals surface area contributed by atoms with Crippen molar-refractivity contribution in [3.05, 3.63) is 77.3 Å². The largest absolute Gasteiger partial charge is 0.404 e. The van der Waals surface area contributed by atoms with E-state index in [4.69, 9.17) is 4.74 Å². The van der Waals surface area contributed by atoms with Gasteiger partial charge in [-0.3, -0.25) is 4.99 Å². The first-order valence-corrected chi connectivity index (χ1v) is 6.39. The van der Waals surface area contributed by atoms with Crippen LogP contribution in [-0.2, 0) is 4.74 Å². The van der Waals surface area contributed by atoms with Gasteiger partial charge in [0, 0.05) is 23.5 Å². The molecular weight excluding hydrogens is 290 g/mol. The molecule has 0 bridgehead atoms. The van der Waals surface area contributed by atoms with E-state index in [0.717, 1.165) is 17.7 Å². The molecule has 0 saturated carbocycles. The topological polar surface area (TPSA) is 50.7 Å². The number of fused-ring (bicyclic) bond motifs is 1. The van der Waals surface area contributed by atoms with E-state index >= 15 is 0 Å². The molecule has 0 aliphatic carbocycles. The summed E-state index contributed by atoms with van der Waals surface area (Å²) in [7, 11) is 0. The second-order valence-corrected chi connectivity index (χ2v) is 4.53. The quantitative estimate of drug-likeness (QED) is 0.864. The van der Waals surface area contributed by atoms with Crippen molar-refractivity contribution >= 4 is 17.9 Å². The van der Waals surface area contributed by atoms with E-state index in [1.807, 2.05) is 18.2 Å². The number of carbonyl (C=O) groups excluding carboxylic acids is 1. The number of nitrogens with one attached hydrogen (secondary N) is 1. The van der Waals surface area contributed by atoms with Crippen LogP contribution in [0.5, 0.6) is 0 Å². The first-order valence-electron chi connectivity index (χ1n) is 6.39. The Kier molecular flexibility index (Phi) is 3.65. The minimum Gasteiger partial charge on any atom is -0.404 e. The van der Waals surface area contributed by atoms with Gasteiger partial charge in [-0.2, -0.15) is 0 Å². The highest BCUT2D eigenvalue weighted by molar-refractivity contribution is 5.92. The maximum Gasteiger partial charge on any atom is 0.345 e. The normalized spacial score (nSPS) is 12.7. The van der Waals surface area contributed by atoms with Gasteiger partial charge in [0.1, 0.15) is 11.6 Å². The molecule has 0 saturated heterocycles. The number of rotatable bonds is 2. The predicted molar refractivity (Wildman–Crippen MR) is 77.5 cm³/mol. The summed E-state index contributed by atoms with van der Waals surface area (Å²) >= 11 is 0. The molecule has 0 aromatic heterocycles. The van der Waals surface area contributed by atoms with Crippen LogP contribution in [0.1, 0.15) is 15.9 Å². The molecule has 3 rings (SSSR count). The van der Waals surface area contributed by atoms with Gasteiger partial charge in [-0.05, 0) is 18.2 Å². The summed E-state index contributed by atoms with van der Waals surface area (Å²) < 4.78 is 31.3. The zero-order chi connectivity index (χ0) is 15.5. The lowest BCUT2D eigenvalue weighted by molar-refractivity contribution is 0.0627. The van der Waals surface area contributed by atoms with Crippen molar-refractivity contribution in [1.29, 1.82) is 0 Å². The molecule has 1 heterocycles. The van der Waals surface area contributed by atoms with Crippen LogP contribution in [-0.4, -0.2) is 12.2 Å². The van der Waals surface area contributed by atoms with Crippen LogP contribution in [0, 0.1) is 11.6 Å². The van der Waals surface area contributed by atoms with Crippen molar-refractivity contribution < 1.29 is 18.3 Å². The summed E-state index contributed by atoms with van der Waals surface area (Å²) in [4.78, 5) is 16.0. The molecule has 110 valence electrons. The molecule has 0 fully saturated rings. The minimum atomic E-state index is -0.883. The monoisotopic (exact) mass is 300 g/mol. The van der Waals surface area contributed by atoms with Crippen LogP contribution in [0.2, 0.25) is 0 Å². The summed E-state index contributed by atoms with van der Waals surface area (Å²) in [6.07, 6.45) is 2.92. The van der Waals surface area contributed by atoms with E-state index in [-0.39, 0.29) is 11.4 Å². The molecule has 22 heavy (non-hydrogen) atoms. The zero-order valence-corrected chi connectivity index (χ0v) is 11.2. The minimum absolute atomic E-state index is 0.0656. The van der Waals surface area contributed by atoms with Gasteiger partial charge in [0.2, 0.25) is 5.88 Å². The number of ether oxygens (including phenoxy) is 1. The molecule has 2 aromatic carbocycles. The molecular formula is C16H10F2N2O2. The summed E-state index contributed by atoms with van der Waals surface area (Å²) in [6.45, 7) is 0. The van der Waals surface area contributed by atoms with Gasteiger partial charge in [0.05, 0.1) is 11.8 Å². The molecule has 0 unspecified atom stereocenters. The Bertz CT molecular complexity index is 780. The van der Waals surface area contributed by atoms with Crippen LogP contribution in [0.15, 0.2) is 59.5 Å². The van der Waals surface area contributed by atoms with Crippen molar-refractivity contribution in [2.75, 3.05) is 5.32 Å². The Hall–Kier alpha value is -3.02. The molecule has 1 aliphatic rings. The lowest BCUT2D eigenvalue weighted by Crippen LogP contribution is -2.11. The number of hydrogen-bond acceptors (Lipinski definition) is 4. The van der Waals surface area contributed by atoms with Crippen LogP contribution in [0.3, 0.4) is 0 Å². The van der Waals surface area contributed by atoms with E-state index in [1.54, 1.807) is 12.3 Å². The van der Waals surface area contributed by atoms with Crippen LogP contribution >= 0.6 is 0 Å². The van der Waals surface area contributed by atoms with E-state index in [9.17, 15) is 13.6 Å². The third-order valence-electron chi connectivity index (χ3n) is 2.92. The molecule has 0 radical (unpaired) electrons. The summed E-state index contributed by atoms with van der Waals surface area (Å²) in [5, 5.41) is 2.89. The van der Waals surface area contributed by atoms with Crippen molar-refractivity contribution in [1.82, 2.24) is 0 Å². The number of hydrogen-bond donors (Lipinski definition) is 1. The van der Waals surface area contributed by atoms with E-state index in [0.29, 0.717) is 11.8 Å². The van der Waals surface area contributed by atoms with Gasteiger partial charge < -0.3 is 10.1 Å². The standard InChI is InChI=1S/C16H10F2N2O2/c17-12-5-11(6-13(18)7-12)16(21)22-15-9-19-8-10-3-1-2-4-14(10)20-15/h1-9,20H.